The van der Waals surface area contributed by atoms with E-state index in [9.17, 15) is 10.2 Å². The van der Waals surface area contributed by atoms with Crippen molar-refractivity contribution >= 4 is 17.1 Å². The van der Waals surface area contributed by atoms with E-state index in [0.717, 1.165) is 19.4 Å². The van der Waals surface area contributed by atoms with Gasteiger partial charge >= 0.3 is 0 Å². The van der Waals surface area contributed by atoms with E-state index < -0.39 is 6.29 Å². The lowest BCUT2D eigenvalue weighted by atomic mass is 10.00. The minimum Gasteiger partial charge on any atom is -0.383 e. The van der Waals surface area contributed by atoms with Gasteiger partial charge in [0, 0.05) is 42.6 Å². The lowest BCUT2D eigenvalue weighted by Crippen LogP contribution is -2.13. The van der Waals surface area contributed by atoms with Crippen LogP contribution in [0.1, 0.15) is 60.6 Å². The van der Waals surface area contributed by atoms with E-state index in [2.05, 4.69) is 78.6 Å². The third kappa shape index (κ3) is 4.58. The summed E-state index contributed by atoms with van der Waals surface area (Å²) in [5.41, 5.74) is 7.63. The zero-order valence-corrected chi connectivity index (χ0v) is 18.4. The first-order chi connectivity index (χ1) is 14.9. The molecule has 1 heterocycles. The largest absolute Gasteiger partial charge is 0.383 e. The number of fused-ring (bicyclic) bond motifs is 1. The minimum absolute atomic E-state index is 0.392. The first-order valence-corrected chi connectivity index (χ1v) is 10.9. The monoisotopic (exact) mass is 417 g/mol. The predicted octanol–water partition coefficient (Wildman–Crippen LogP) is 5.10. The fraction of sp³-hybridized carbons (Fsp3) is 0.346. The molecule has 0 saturated heterocycles. The van der Waals surface area contributed by atoms with Crippen molar-refractivity contribution in [3.8, 4) is 0 Å². The highest BCUT2D eigenvalue weighted by Gasteiger charge is 2.23. The van der Waals surface area contributed by atoms with E-state index in [1.165, 1.54) is 28.1 Å². The summed E-state index contributed by atoms with van der Waals surface area (Å²) in [6.07, 6.45) is 3.84. The van der Waals surface area contributed by atoms with Crippen molar-refractivity contribution in [1.82, 2.24) is 4.98 Å². The van der Waals surface area contributed by atoms with Gasteiger partial charge in [-0.1, -0.05) is 32.0 Å². The van der Waals surface area contributed by atoms with E-state index >= 15 is 0 Å². The molecule has 5 heteroatoms. The molecule has 0 amide bonds. The molecule has 0 bridgehead atoms. The molecule has 1 aromatic heterocycles. The first kappa shape index (κ1) is 21.3. The molecule has 2 aromatic carbocycles. The molecule has 0 unspecified atom stereocenters. The Morgan fingerprint density at radius 1 is 1.06 bits per heavy atom. The summed E-state index contributed by atoms with van der Waals surface area (Å²) in [7, 11) is 2.12. The molecule has 1 aliphatic rings. The van der Waals surface area contributed by atoms with Gasteiger partial charge in [-0.2, -0.15) is 0 Å². The van der Waals surface area contributed by atoms with Crippen LogP contribution < -0.4 is 10.2 Å². The second-order valence-corrected chi connectivity index (χ2v) is 8.64. The van der Waals surface area contributed by atoms with Gasteiger partial charge in [0.15, 0.2) is 6.29 Å². The number of nitrogens with one attached hydrogen (secondary N) is 1. The summed E-state index contributed by atoms with van der Waals surface area (Å²) in [5.74, 6) is 0.928. The van der Waals surface area contributed by atoms with Gasteiger partial charge in [-0.3, -0.25) is 4.98 Å². The predicted molar refractivity (Wildman–Crippen MR) is 126 cm³/mol. The Labute approximate surface area is 184 Å². The summed E-state index contributed by atoms with van der Waals surface area (Å²) >= 11 is 0. The fourth-order valence-electron chi connectivity index (χ4n) is 4.36. The van der Waals surface area contributed by atoms with Crippen molar-refractivity contribution in [2.24, 2.45) is 0 Å². The molecule has 31 heavy (non-hydrogen) atoms. The molecule has 5 nitrogen and oxygen atoms in total. The molecule has 162 valence electrons. The Bertz CT molecular complexity index is 1030. The van der Waals surface area contributed by atoms with E-state index in [4.69, 9.17) is 0 Å². The molecular weight excluding hydrogens is 386 g/mol. The van der Waals surface area contributed by atoms with Gasteiger partial charge in [-0.25, -0.2) is 0 Å². The van der Waals surface area contributed by atoms with Crippen molar-refractivity contribution in [2.75, 3.05) is 23.8 Å². The van der Waals surface area contributed by atoms with Crippen molar-refractivity contribution in [3.63, 3.8) is 0 Å². The Morgan fingerprint density at radius 3 is 2.52 bits per heavy atom. The Balaban J connectivity index is 1.47. The average Bonchev–Trinajstić information content (AvgIpc) is 3.19. The van der Waals surface area contributed by atoms with Crippen LogP contribution in [0.4, 0.5) is 17.1 Å². The first-order valence-electron chi connectivity index (χ1n) is 10.9. The third-order valence-electron chi connectivity index (χ3n) is 6.33. The molecule has 0 saturated carbocycles. The van der Waals surface area contributed by atoms with Crippen LogP contribution in [0.2, 0.25) is 0 Å². The van der Waals surface area contributed by atoms with Crippen molar-refractivity contribution in [2.45, 2.75) is 44.8 Å². The number of aliphatic hydroxyl groups is 2. The molecule has 3 aromatic rings. The van der Waals surface area contributed by atoms with Crippen LogP contribution in [0.3, 0.4) is 0 Å². The van der Waals surface area contributed by atoms with Crippen LogP contribution >= 0.6 is 0 Å². The quantitative estimate of drug-likeness (QED) is 0.467. The third-order valence-corrected chi connectivity index (χ3v) is 6.33. The number of rotatable bonds is 7. The van der Waals surface area contributed by atoms with Gasteiger partial charge in [-0.05, 0) is 65.8 Å². The Kier molecular flexibility index (Phi) is 6.25. The standard InChI is InChI=1S/C26H31N3O2/c1-17(2)18-6-8-21(9-7-18)29(3)22-10-11-23-19(14-22)4-5-20(23)15-28-25-16-27-13-12-24(25)26(30)31/h6-14,16-17,20,26,28,30-31H,4-5,15H2,1-3H3/t20-/m0/s1. The smallest absolute Gasteiger partial charge is 0.180 e. The number of aliphatic hydroxyl groups excluding tert-OH is 1. The van der Waals surface area contributed by atoms with E-state index in [1.807, 2.05) is 0 Å². The Hall–Kier alpha value is -2.89. The van der Waals surface area contributed by atoms with Crippen LogP contribution in [-0.4, -0.2) is 28.8 Å². The fourth-order valence-corrected chi connectivity index (χ4v) is 4.36. The zero-order chi connectivity index (χ0) is 22.0. The second-order valence-electron chi connectivity index (χ2n) is 8.64. The molecule has 4 rings (SSSR count). The topological polar surface area (TPSA) is 68.6 Å². The van der Waals surface area contributed by atoms with Crippen LogP contribution in [0.15, 0.2) is 60.9 Å². The highest BCUT2D eigenvalue weighted by Crippen LogP contribution is 2.37. The van der Waals surface area contributed by atoms with Gasteiger partial charge in [0.25, 0.3) is 0 Å². The summed E-state index contributed by atoms with van der Waals surface area (Å²) in [5, 5.41) is 22.5. The number of aryl methyl sites for hydroxylation is 1. The zero-order valence-electron chi connectivity index (χ0n) is 18.4. The molecule has 0 aliphatic heterocycles. The highest BCUT2D eigenvalue weighted by atomic mass is 16.5. The van der Waals surface area contributed by atoms with Crippen LogP contribution in [-0.2, 0) is 6.42 Å². The summed E-state index contributed by atoms with van der Waals surface area (Å²) in [6.45, 7) is 5.17. The average molecular weight is 418 g/mol. The maximum Gasteiger partial charge on any atom is 0.180 e. The van der Waals surface area contributed by atoms with Crippen molar-refractivity contribution in [1.29, 1.82) is 0 Å². The lowest BCUT2D eigenvalue weighted by Gasteiger charge is -2.22. The maximum absolute atomic E-state index is 9.56. The summed E-state index contributed by atoms with van der Waals surface area (Å²) < 4.78 is 0. The lowest BCUT2D eigenvalue weighted by molar-refractivity contribution is -0.0419. The summed E-state index contributed by atoms with van der Waals surface area (Å²) in [4.78, 5) is 6.34. The van der Waals surface area contributed by atoms with Gasteiger partial charge in [-0.15, -0.1) is 0 Å². The van der Waals surface area contributed by atoms with Crippen molar-refractivity contribution in [3.05, 3.63) is 83.2 Å². The number of pyridine rings is 1. The molecule has 3 N–H and O–H groups in total. The molecule has 1 atom stereocenters. The molecule has 0 radical (unpaired) electrons. The van der Waals surface area contributed by atoms with Gasteiger partial charge in [0.1, 0.15) is 0 Å². The number of hydrogen-bond acceptors (Lipinski definition) is 5. The SMILES string of the molecule is CC(C)c1ccc(N(C)c2ccc3c(c2)CC[C@H]3CNc2cnccc2C(O)O)cc1. The van der Waals surface area contributed by atoms with Gasteiger partial charge < -0.3 is 20.4 Å². The number of hydrogen-bond donors (Lipinski definition) is 3. The molecular formula is C26H31N3O2. The summed E-state index contributed by atoms with van der Waals surface area (Å²) in [6, 6.07) is 17.2. The van der Waals surface area contributed by atoms with Gasteiger partial charge in [0.2, 0.25) is 0 Å². The molecule has 1 aliphatic carbocycles. The molecule has 0 spiro atoms. The van der Waals surface area contributed by atoms with Gasteiger partial charge in [0.05, 0.1) is 11.9 Å². The van der Waals surface area contributed by atoms with E-state index in [-0.39, 0.29) is 0 Å². The van der Waals surface area contributed by atoms with Crippen LogP contribution in [0, 0.1) is 0 Å². The van der Waals surface area contributed by atoms with Crippen LogP contribution in [0.25, 0.3) is 0 Å². The van der Waals surface area contributed by atoms with Crippen LogP contribution in [0.5, 0.6) is 0 Å². The highest BCUT2D eigenvalue weighted by molar-refractivity contribution is 5.65. The number of anilines is 3. The number of benzene rings is 2. The van der Waals surface area contributed by atoms with E-state index in [1.54, 1.807) is 18.5 Å². The number of nitrogens with zero attached hydrogens (tertiary/aromatic N) is 2. The molecule has 0 fully saturated rings. The number of aromatic nitrogens is 1. The second kappa shape index (κ2) is 9.08. The van der Waals surface area contributed by atoms with E-state index in [0.29, 0.717) is 23.1 Å². The minimum atomic E-state index is -1.51. The normalized spacial score (nSPS) is 15.4. The van der Waals surface area contributed by atoms with Crippen molar-refractivity contribution < 1.29 is 10.2 Å². The Morgan fingerprint density at radius 2 is 1.81 bits per heavy atom. The maximum atomic E-state index is 9.56.